The number of aromatic nitrogens is 3. The molecule has 2 unspecified atom stereocenters. The van der Waals surface area contributed by atoms with Crippen LogP contribution in [0.2, 0.25) is 0 Å². The molecule has 2 aromatic rings. The van der Waals surface area contributed by atoms with Crippen LogP contribution in [0, 0.1) is 11.8 Å². The van der Waals surface area contributed by atoms with Gasteiger partial charge in [0.25, 0.3) is 0 Å². The van der Waals surface area contributed by atoms with Crippen molar-refractivity contribution in [2.24, 2.45) is 17.6 Å². The fourth-order valence-electron chi connectivity index (χ4n) is 3.63. The summed E-state index contributed by atoms with van der Waals surface area (Å²) in [6, 6.07) is 3.91. The van der Waals surface area contributed by atoms with E-state index in [-0.39, 0.29) is 12.2 Å². The van der Waals surface area contributed by atoms with Gasteiger partial charge in [-0.1, -0.05) is 51.3 Å². The van der Waals surface area contributed by atoms with Gasteiger partial charge in [-0.15, -0.1) is 6.58 Å². The van der Waals surface area contributed by atoms with Gasteiger partial charge in [0.15, 0.2) is 0 Å². The summed E-state index contributed by atoms with van der Waals surface area (Å²) in [4.78, 5) is 11.2. The van der Waals surface area contributed by atoms with Crippen molar-refractivity contribution in [1.29, 1.82) is 0 Å². The lowest BCUT2D eigenvalue weighted by Gasteiger charge is -2.33. The third-order valence-corrected chi connectivity index (χ3v) is 6.04. The van der Waals surface area contributed by atoms with Crippen molar-refractivity contribution in [3.05, 3.63) is 68.1 Å². The average Bonchev–Trinajstić information content (AvgIpc) is 3.16. The molecule has 4 atom stereocenters. The van der Waals surface area contributed by atoms with E-state index in [0.29, 0.717) is 24.1 Å². The number of hydrogen-bond donors (Lipinski definition) is 2. The molecule has 166 valence electrons. The summed E-state index contributed by atoms with van der Waals surface area (Å²) in [7, 11) is 1.98. The highest BCUT2D eigenvalue weighted by Crippen LogP contribution is 2.38. The second kappa shape index (κ2) is 10.8. The van der Waals surface area contributed by atoms with Crippen molar-refractivity contribution in [2.75, 3.05) is 17.7 Å². The summed E-state index contributed by atoms with van der Waals surface area (Å²) in [5, 5.41) is 0. The van der Waals surface area contributed by atoms with Crippen molar-refractivity contribution in [3.63, 3.8) is 0 Å². The van der Waals surface area contributed by atoms with Crippen LogP contribution in [0.3, 0.4) is 0 Å². The van der Waals surface area contributed by atoms with Crippen LogP contribution in [0.25, 0.3) is 17.5 Å². The van der Waals surface area contributed by atoms with Crippen LogP contribution in [0.5, 0.6) is 0 Å². The SMILES string of the molecule is C=C/C=C\CC(N)N(C)c1c(C=C)nc(-c2cccnc2N)n1[C@@H](C)[C@H](C)C(C)C=C. The summed E-state index contributed by atoms with van der Waals surface area (Å²) in [5.74, 6) is 2.71. The minimum absolute atomic E-state index is 0.0946. The second-order valence-electron chi connectivity index (χ2n) is 7.93. The second-order valence-corrected chi connectivity index (χ2v) is 7.93. The quantitative estimate of drug-likeness (QED) is 0.302. The molecule has 0 aromatic carbocycles. The van der Waals surface area contributed by atoms with E-state index in [1.165, 1.54) is 0 Å². The molecule has 6 heteroatoms. The molecule has 0 fully saturated rings. The van der Waals surface area contributed by atoms with Gasteiger partial charge >= 0.3 is 0 Å². The molecule has 0 spiro atoms. The summed E-state index contributed by atoms with van der Waals surface area (Å²) in [6.45, 7) is 18.3. The van der Waals surface area contributed by atoms with Gasteiger partial charge in [0.1, 0.15) is 23.2 Å². The molecule has 0 aliphatic heterocycles. The first kappa shape index (κ1) is 24.2. The van der Waals surface area contributed by atoms with Gasteiger partial charge in [-0.2, -0.15) is 0 Å². The highest BCUT2D eigenvalue weighted by molar-refractivity contribution is 5.74. The normalized spacial score (nSPS) is 15.3. The van der Waals surface area contributed by atoms with Crippen molar-refractivity contribution < 1.29 is 0 Å². The number of allylic oxidation sites excluding steroid dienone is 3. The maximum Gasteiger partial charge on any atom is 0.146 e. The average molecular weight is 421 g/mol. The van der Waals surface area contributed by atoms with Gasteiger partial charge in [0.05, 0.1) is 11.7 Å². The van der Waals surface area contributed by atoms with Crippen molar-refractivity contribution in [1.82, 2.24) is 14.5 Å². The Morgan fingerprint density at radius 3 is 2.52 bits per heavy atom. The number of nitrogens with zero attached hydrogens (tertiary/aromatic N) is 4. The lowest BCUT2D eigenvalue weighted by molar-refractivity contribution is 0.319. The molecular weight excluding hydrogens is 384 g/mol. The molecule has 31 heavy (non-hydrogen) atoms. The maximum atomic E-state index is 6.53. The Morgan fingerprint density at radius 1 is 1.23 bits per heavy atom. The molecule has 2 heterocycles. The number of nitrogen functional groups attached to an aromatic ring is 1. The van der Waals surface area contributed by atoms with Gasteiger partial charge in [-0.25, -0.2) is 9.97 Å². The fraction of sp³-hybridized carbons (Fsp3) is 0.360. The molecular formula is C25H36N6. The van der Waals surface area contributed by atoms with Gasteiger partial charge < -0.3 is 20.9 Å². The molecule has 0 bridgehead atoms. The van der Waals surface area contributed by atoms with Crippen LogP contribution in [0.1, 0.15) is 38.9 Å². The Hall–Kier alpha value is -3.12. The maximum absolute atomic E-state index is 6.53. The molecule has 0 saturated carbocycles. The van der Waals surface area contributed by atoms with Gasteiger partial charge in [-0.3, -0.25) is 0 Å². The minimum atomic E-state index is -0.247. The summed E-state index contributed by atoms with van der Waals surface area (Å²) >= 11 is 0. The Kier molecular flexibility index (Phi) is 8.39. The van der Waals surface area contributed by atoms with E-state index >= 15 is 0 Å². The molecule has 0 amide bonds. The van der Waals surface area contributed by atoms with Crippen molar-refractivity contribution in [3.8, 4) is 11.4 Å². The molecule has 2 rings (SSSR count). The Morgan fingerprint density at radius 2 is 1.94 bits per heavy atom. The standard InChI is InChI=1S/C25H36N6/c1-8-11-12-15-22(26)30(7)25-21(10-3)29-24(20-14-13-16-28-23(20)27)31(25)19(6)18(5)17(4)9-2/h8-14,16-19,22H,1-3,15,26H2,4-7H3,(H2,27,28)/b12-11-/t17?,18-,19+,22?/m1/s1. The number of hydrogen-bond acceptors (Lipinski definition) is 5. The summed E-state index contributed by atoms with van der Waals surface area (Å²) in [5.41, 5.74) is 14.3. The van der Waals surface area contributed by atoms with Crippen LogP contribution < -0.4 is 16.4 Å². The van der Waals surface area contributed by atoms with E-state index in [1.807, 2.05) is 37.4 Å². The van der Waals surface area contributed by atoms with E-state index in [2.05, 4.69) is 55.0 Å². The first-order chi connectivity index (χ1) is 14.8. The molecule has 0 saturated heterocycles. The van der Waals surface area contributed by atoms with Gasteiger partial charge in [0, 0.05) is 19.3 Å². The van der Waals surface area contributed by atoms with Gasteiger partial charge in [0.2, 0.25) is 0 Å². The molecule has 0 aliphatic rings. The summed E-state index contributed by atoms with van der Waals surface area (Å²) < 4.78 is 2.21. The Labute approximate surface area is 186 Å². The van der Waals surface area contributed by atoms with Crippen LogP contribution in [0.15, 0.2) is 62.4 Å². The van der Waals surface area contributed by atoms with E-state index in [4.69, 9.17) is 16.5 Å². The minimum Gasteiger partial charge on any atom is -0.383 e. The molecule has 2 aromatic heterocycles. The van der Waals surface area contributed by atoms with Crippen LogP contribution in [-0.4, -0.2) is 27.7 Å². The largest absolute Gasteiger partial charge is 0.383 e. The topological polar surface area (TPSA) is 86.0 Å². The zero-order valence-electron chi connectivity index (χ0n) is 19.2. The number of nitrogens with two attached hydrogens (primary N) is 2. The predicted molar refractivity (Wildman–Crippen MR) is 134 cm³/mol. The third-order valence-electron chi connectivity index (χ3n) is 6.04. The lowest BCUT2D eigenvalue weighted by atomic mass is 9.89. The smallest absolute Gasteiger partial charge is 0.146 e. The zero-order chi connectivity index (χ0) is 23.1. The van der Waals surface area contributed by atoms with Crippen LogP contribution >= 0.6 is 0 Å². The van der Waals surface area contributed by atoms with Crippen molar-refractivity contribution in [2.45, 2.75) is 39.4 Å². The predicted octanol–water partition coefficient (Wildman–Crippen LogP) is 5.04. The number of anilines is 2. The van der Waals surface area contributed by atoms with E-state index < -0.39 is 0 Å². The zero-order valence-corrected chi connectivity index (χ0v) is 19.2. The monoisotopic (exact) mass is 420 g/mol. The van der Waals surface area contributed by atoms with Crippen LogP contribution in [0.4, 0.5) is 11.6 Å². The van der Waals surface area contributed by atoms with Gasteiger partial charge in [-0.05, 0) is 43.4 Å². The summed E-state index contributed by atoms with van der Waals surface area (Å²) in [6.07, 6.45) is 11.5. The highest BCUT2D eigenvalue weighted by Gasteiger charge is 2.29. The van der Waals surface area contributed by atoms with Crippen LogP contribution in [-0.2, 0) is 0 Å². The Balaban J connectivity index is 2.71. The molecule has 6 nitrogen and oxygen atoms in total. The molecule has 4 N–H and O–H groups in total. The molecule has 0 radical (unpaired) electrons. The third kappa shape index (κ3) is 5.14. The number of pyridine rings is 1. The van der Waals surface area contributed by atoms with E-state index in [9.17, 15) is 0 Å². The fourth-order valence-corrected chi connectivity index (χ4v) is 3.63. The van der Waals surface area contributed by atoms with Crippen molar-refractivity contribution >= 4 is 17.7 Å². The first-order valence-electron chi connectivity index (χ1n) is 10.6. The van der Waals surface area contributed by atoms with E-state index in [0.717, 1.165) is 22.9 Å². The Bertz CT molecular complexity index is 941. The molecule has 0 aliphatic carbocycles. The number of rotatable bonds is 11. The lowest BCUT2D eigenvalue weighted by Crippen LogP contribution is -2.41. The highest BCUT2D eigenvalue weighted by atomic mass is 15.3. The van der Waals surface area contributed by atoms with E-state index in [1.54, 1.807) is 18.3 Å². The number of imidazole rings is 1. The first-order valence-corrected chi connectivity index (χ1v) is 10.6.